The van der Waals surface area contributed by atoms with Crippen molar-refractivity contribution in [3.8, 4) is 22.9 Å². The number of aromatic nitrogens is 2. The number of rotatable bonds is 15. The molecule has 1 saturated heterocycles. The SMILES string of the molecule is CCC1C[C@]1(CC(=O)[C@@H]1CC(Oc2cc(-c3nc(CC(C)C)sc3Cl)nc3cc(OC)ccc23)CN1C(=O)[C@@H](CC(=O)OC1C[C@@H]2C[C@@H]2C1)C(C)(C)C)C(=O)O. The number of amides is 1. The first-order chi connectivity index (χ1) is 26.5. The van der Waals surface area contributed by atoms with Crippen LogP contribution in [-0.2, 0) is 30.3 Å². The zero-order valence-electron chi connectivity index (χ0n) is 33.4. The van der Waals surface area contributed by atoms with Crippen LogP contribution in [0.2, 0.25) is 4.34 Å². The van der Waals surface area contributed by atoms with Gasteiger partial charge in [0.05, 0.1) is 53.7 Å². The summed E-state index contributed by atoms with van der Waals surface area (Å²) in [5.41, 5.74) is -0.113. The number of hydrogen-bond donors (Lipinski definition) is 1. The van der Waals surface area contributed by atoms with E-state index in [0.29, 0.717) is 68.7 Å². The lowest BCUT2D eigenvalue weighted by atomic mass is 9.77. The van der Waals surface area contributed by atoms with Crippen molar-refractivity contribution in [1.29, 1.82) is 0 Å². The molecule has 8 atom stereocenters. The summed E-state index contributed by atoms with van der Waals surface area (Å²) in [4.78, 5) is 66.3. The highest BCUT2D eigenvalue weighted by Crippen LogP contribution is 2.58. The average molecular weight is 808 g/mol. The summed E-state index contributed by atoms with van der Waals surface area (Å²) in [6.45, 7) is 12.0. The van der Waals surface area contributed by atoms with Gasteiger partial charge < -0.3 is 24.2 Å². The van der Waals surface area contributed by atoms with Crippen molar-refractivity contribution in [2.75, 3.05) is 13.7 Å². The number of carbonyl (C=O) groups is 4. The zero-order valence-corrected chi connectivity index (χ0v) is 35.0. The van der Waals surface area contributed by atoms with Crippen LogP contribution in [0.25, 0.3) is 22.3 Å². The molecule has 4 aliphatic rings. The van der Waals surface area contributed by atoms with E-state index in [9.17, 15) is 24.3 Å². The van der Waals surface area contributed by atoms with Crippen LogP contribution in [-0.4, -0.2) is 75.5 Å². The van der Waals surface area contributed by atoms with E-state index in [0.717, 1.165) is 24.3 Å². The predicted molar refractivity (Wildman–Crippen MR) is 214 cm³/mol. The summed E-state index contributed by atoms with van der Waals surface area (Å²) in [7, 11) is 1.58. The van der Waals surface area contributed by atoms with Crippen molar-refractivity contribution in [3.05, 3.63) is 33.6 Å². The molecule has 3 saturated carbocycles. The molecule has 0 radical (unpaired) electrons. The lowest BCUT2D eigenvalue weighted by Gasteiger charge is -2.35. The van der Waals surface area contributed by atoms with Gasteiger partial charge in [-0.05, 0) is 66.9 Å². The van der Waals surface area contributed by atoms with Crippen molar-refractivity contribution < 1.29 is 38.5 Å². The number of fused-ring (bicyclic) bond motifs is 2. The molecule has 1 aliphatic heterocycles. The highest BCUT2D eigenvalue weighted by Gasteiger charge is 2.61. The highest BCUT2D eigenvalue weighted by atomic mass is 35.5. The zero-order chi connectivity index (χ0) is 40.3. The predicted octanol–water partition coefficient (Wildman–Crippen LogP) is 8.42. The third-order valence-corrected chi connectivity index (χ3v) is 13.8. The first-order valence-corrected chi connectivity index (χ1v) is 21.3. The Morgan fingerprint density at radius 1 is 1.05 bits per heavy atom. The van der Waals surface area contributed by atoms with Gasteiger partial charge in [-0.15, -0.1) is 11.3 Å². The van der Waals surface area contributed by atoms with Crippen LogP contribution >= 0.6 is 22.9 Å². The Morgan fingerprint density at radius 3 is 2.41 bits per heavy atom. The van der Waals surface area contributed by atoms with Crippen molar-refractivity contribution in [2.45, 2.75) is 118 Å². The Bertz CT molecular complexity index is 2020. The number of ketones is 1. The molecule has 0 bridgehead atoms. The number of carboxylic acid groups (broad SMARTS) is 1. The number of nitrogens with zero attached hydrogens (tertiary/aromatic N) is 3. The summed E-state index contributed by atoms with van der Waals surface area (Å²) in [5.74, 6) is -0.137. The highest BCUT2D eigenvalue weighted by molar-refractivity contribution is 7.16. The molecule has 3 aliphatic carbocycles. The van der Waals surface area contributed by atoms with Gasteiger partial charge in [-0.25, -0.2) is 9.97 Å². The molecular formula is C43H54ClN3O8S. The lowest BCUT2D eigenvalue weighted by molar-refractivity contribution is -0.157. The van der Waals surface area contributed by atoms with E-state index in [4.69, 9.17) is 35.8 Å². The molecule has 3 heterocycles. The van der Waals surface area contributed by atoms with Gasteiger partial charge in [0.1, 0.15) is 33.7 Å². The molecule has 4 fully saturated rings. The van der Waals surface area contributed by atoms with E-state index in [1.165, 1.54) is 17.8 Å². The molecule has 1 amide bonds. The Kier molecular flexibility index (Phi) is 11.2. The second-order valence-electron chi connectivity index (χ2n) is 18.1. The second kappa shape index (κ2) is 15.5. The molecular weight excluding hydrogens is 754 g/mol. The van der Waals surface area contributed by atoms with Crippen LogP contribution in [0.3, 0.4) is 0 Å². The van der Waals surface area contributed by atoms with Gasteiger partial charge in [0.2, 0.25) is 5.91 Å². The fourth-order valence-electron chi connectivity index (χ4n) is 9.09. The Hall–Kier alpha value is -3.77. The van der Waals surface area contributed by atoms with E-state index in [-0.39, 0.29) is 49.5 Å². The average Bonchev–Trinajstić information content (AvgIpc) is 3.86. The minimum Gasteiger partial charge on any atom is -0.497 e. The molecule has 1 N–H and O–H groups in total. The van der Waals surface area contributed by atoms with Crippen LogP contribution in [0.1, 0.15) is 97.9 Å². The maximum absolute atomic E-state index is 14.8. The van der Waals surface area contributed by atoms with Crippen LogP contribution in [0.15, 0.2) is 24.3 Å². The molecule has 2 aromatic heterocycles. The van der Waals surface area contributed by atoms with E-state index in [1.54, 1.807) is 18.1 Å². The van der Waals surface area contributed by atoms with Crippen molar-refractivity contribution >= 4 is 57.5 Å². The van der Waals surface area contributed by atoms with Gasteiger partial charge in [0.25, 0.3) is 0 Å². The van der Waals surface area contributed by atoms with E-state index >= 15 is 0 Å². The molecule has 13 heteroatoms. The number of likely N-dealkylation sites (tertiary alicyclic amines) is 1. The number of halogens is 1. The van der Waals surface area contributed by atoms with Crippen molar-refractivity contribution in [1.82, 2.24) is 14.9 Å². The summed E-state index contributed by atoms with van der Waals surface area (Å²) >= 11 is 8.18. The fourth-order valence-corrected chi connectivity index (χ4v) is 10.5. The minimum absolute atomic E-state index is 0.0748. The number of ether oxygens (including phenoxy) is 3. The topological polar surface area (TPSA) is 145 Å². The van der Waals surface area contributed by atoms with Crippen LogP contribution in [0, 0.1) is 40.4 Å². The number of pyridine rings is 1. The summed E-state index contributed by atoms with van der Waals surface area (Å²) in [6.07, 6.45) is 3.95. The Labute approximate surface area is 337 Å². The van der Waals surface area contributed by atoms with Crippen LogP contribution < -0.4 is 9.47 Å². The first kappa shape index (κ1) is 40.4. The number of esters is 1. The quantitative estimate of drug-likeness (QED) is 0.149. The molecule has 3 unspecified atom stereocenters. The molecule has 0 spiro atoms. The fraction of sp³-hybridized carbons (Fsp3) is 0.628. The summed E-state index contributed by atoms with van der Waals surface area (Å²) in [5, 5.41) is 11.8. The maximum atomic E-state index is 14.8. The van der Waals surface area contributed by atoms with Gasteiger partial charge in [-0.3, -0.25) is 19.2 Å². The standard InChI is InChI=1S/C43H54ClN3O8S/c1-8-25-19-43(25,41(51)52)20-34(48)33-16-28(21-47(33)40(50)30(42(4,5)6)17-37(49)55-27-13-23-12-24(23)14-27)54-35-18-32(38-39(44)56-36(46-38)11-22(2)3)45-31-15-26(53-7)9-10-29(31)35/h9-10,15,18,22-25,27-28,30,33H,8,11-14,16-17,19-21H2,1-7H3,(H,51,52)/t23-,24+,25?,27?,28?,30-,33+,43-/m1/s1. The molecule has 3 aromatic rings. The number of carboxylic acids is 1. The van der Waals surface area contributed by atoms with Crippen molar-refractivity contribution in [3.63, 3.8) is 0 Å². The maximum Gasteiger partial charge on any atom is 0.310 e. The molecule has 1 aromatic carbocycles. The van der Waals surface area contributed by atoms with Crippen LogP contribution in [0.5, 0.6) is 11.5 Å². The van der Waals surface area contributed by atoms with Crippen molar-refractivity contribution in [2.24, 2.45) is 40.4 Å². The van der Waals surface area contributed by atoms with E-state index in [1.807, 2.05) is 45.9 Å². The molecule has 302 valence electrons. The Morgan fingerprint density at radius 2 is 1.79 bits per heavy atom. The van der Waals surface area contributed by atoms with Gasteiger partial charge >= 0.3 is 11.9 Å². The van der Waals surface area contributed by atoms with Gasteiger partial charge in [0, 0.05) is 36.8 Å². The normalized spacial score (nSPS) is 27.3. The lowest BCUT2D eigenvalue weighted by Crippen LogP contribution is -2.48. The number of benzene rings is 1. The number of Topliss-reactive ketones (excluding diaryl/α,β-unsaturated/α-hetero) is 1. The Balaban J connectivity index is 1.20. The number of aliphatic carboxylic acids is 1. The number of methoxy groups -OCH3 is 1. The van der Waals surface area contributed by atoms with E-state index in [2.05, 4.69) is 13.8 Å². The van der Waals surface area contributed by atoms with Crippen LogP contribution in [0.4, 0.5) is 0 Å². The van der Waals surface area contributed by atoms with E-state index < -0.39 is 40.8 Å². The van der Waals surface area contributed by atoms with Gasteiger partial charge in [-0.2, -0.15) is 0 Å². The second-order valence-corrected chi connectivity index (χ2v) is 19.8. The smallest absolute Gasteiger partial charge is 0.310 e. The summed E-state index contributed by atoms with van der Waals surface area (Å²) in [6, 6.07) is 6.36. The molecule has 7 rings (SSSR count). The third-order valence-electron chi connectivity index (χ3n) is 12.5. The van der Waals surface area contributed by atoms with Gasteiger partial charge in [0.15, 0.2) is 5.78 Å². The minimum atomic E-state index is -1.13. The first-order valence-electron chi connectivity index (χ1n) is 20.1. The third kappa shape index (κ3) is 8.28. The monoisotopic (exact) mass is 807 g/mol. The largest absolute Gasteiger partial charge is 0.497 e. The summed E-state index contributed by atoms with van der Waals surface area (Å²) < 4.78 is 18.7. The van der Waals surface area contributed by atoms with Gasteiger partial charge in [-0.1, -0.05) is 59.6 Å². The number of hydrogen-bond acceptors (Lipinski definition) is 10. The molecule has 56 heavy (non-hydrogen) atoms. The number of carbonyl (C=O) groups excluding carboxylic acids is 3. The number of thiazole rings is 1. The molecule has 11 nitrogen and oxygen atoms in total.